The molecule has 5 heteroatoms. The summed E-state index contributed by atoms with van der Waals surface area (Å²) in [5.74, 6) is -0.0893. The van der Waals surface area contributed by atoms with Crippen LogP contribution in [0.15, 0.2) is 42.6 Å². The number of rotatable bonds is 6. The van der Waals surface area contributed by atoms with Gasteiger partial charge in [-0.15, -0.1) is 0 Å². The summed E-state index contributed by atoms with van der Waals surface area (Å²) in [6.07, 6.45) is 1.83. The molecule has 0 bridgehead atoms. The number of aromatic amines is 1. The summed E-state index contributed by atoms with van der Waals surface area (Å²) in [5.41, 5.74) is 4.89. The van der Waals surface area contributed by atoms with Crippen LogP contribution in [0.3, 0.4) is 0 Å². The van der Waals surface area contributed by atoms with Gasteiger partial charge in [-0.05, 0) is 48.7 Å². The Hall–Kier alpha value is -2.66. The van der Waals surface area contributed by atoms with Crippen LogP contribution in [-0.2, 0) is 4.74 Å². The van der Waals surface area contributed by atoms with Gasteiger partial charge in [-0.3, -0.25) is 9.89 Å². The molecule has 0 fully saturated rings. The lowest BCUT2D eigenvalue weighted by molar-refractivity contribution is 0.0922. The molecule has 5 nitrogen and oxygen atoms in total. The van der Waals surface area contributed by atoms with Crippen LogP contribution in [0.2, 0.25) is 0 Å². The lowest BCUT2D eigenvalue weighted by Crippen LogP contribution is -2.27. The molecule has 1 heterocycles. The number of aryl methyl sites for hydroxylation is 1. The molecule has 0 radical (unpaired) electrons. The first-order valence-corrected chi connectivity index (χ1v) is 8.09. The number of nitrogens with zero attached hydrogens (tertiary/aromatic N) is 1. The smallest absolute Gasteiger partial charge is 0.251 e. The summed E-state index contributed by atoms with van der Waals surface area (Å²) in [5, 5.41) is 11.1. The van der Waals surface area contributed by atoms with Gasteiger partial charge in [0.15, 0.2) is 0 Å². The second-order valence-electron chi connectivity index (χ2n) is 5.62. The van der Waals surface area contributed by atoms with E-state index in [-0.39, 0.29) is 5.91 Å². The minimum atomic E-state index is -0.0893. The minimum Gasteiger partial charge on any atom is -0.380 e. The molecule has 1 amide bonds. The summed E-state index contributed by atoms with van der Waals surface area (Å²) in [7, 11) is 0. The van der Waals surface area contributed by atoms with E-state index in [0.717, 1.165) is 27.6 Å². The monoisotopic (exact) mass is 323 g/mol. The van der Waals surface area contributed by atoms with Crippen molar-refractivity contribution < 1.29 is 9.53 Å². The van der Waals surface area contributed by atoms with Crippen LogP contribution in [0.25, 0.3) is 22.0 Å². The molecule has 0 saturated carbocycles. The van der Waals surface area contributed by atoms with Crippen LogP contribution in [-0.4, -0.2) is 35.9 Å². The molecule has 124 valence electrons. The number of ether oxygens (including phenoxy) is 1. The third-order valence-corrected chi connectivity index (χ3v) is 3.98. The van der Waals surface area contributed by atoms with E-state index >= 15 is 0 Å². The van der Waals surface area contributed by atoms with Gasteiger partial charge in [0, 0.05) is 24.1 Å². The van der Waals surface area contributed by atoms with E-state index in [1.54, 1.807) is 0 Å². The largest absolute Gasteiger partial charge is 0.380 e. The third kappa shape index (κ3) is 3.31. The average Bonchev–Trinajstić information content (AvgIpc) is 3.07. The zero-order valence-corrected chi connectivity index (χ0v) is 13.9. The van der Waals surface area contributed by atoms with E-state index < -0.39 is 0 Å². The van der Waals surface area contributed by atoms with Gasteiger partial charge in [-0.2, -0.15) is 5.10 Å². The summed E-state index contributed by atoms with van der Waals surface area (Å²) < 4.78 is 5.24. The summed E-state index contributed by atoms with van der Waals surface area (Å²) in [6.45, 7) is 5.68. The number of nitrogens with one attached hydrogen (secondary N) is 2. The van der Waals surface area contributed by atoms with Crippen molar-refractivity contribution in [1.82, 2.24) is 15.5 Å². The highest BCUT2D eigenvalue weighted by Crippen LogP contribution is 2.31. The summed E-state index contributed by atoms with van der Waals surface area (Å²) in [4.78, 5) is 12.3. The van der Waals surface area contributed by atoms with E-state index in [1.165, 1.54) is 0 Å². The van der Waals surface area contributed by atoms with Crippen LogP contribution >= 0.6 is 0 Å². The zero-order valence-electron chi connectivity index (χ0n) is 13.9. The fourth-order valence-corrected chi connectivity index (χ4v) is 2.81. The van der Waals surface area contributed by atoms with Gasteiger partial charge in [0.1, 0.15) is 0 Å². The Morgan fingerprint density at radius 2 is 2.17 bits per heavy atom. The van der Waals surface area contributed by atoms with Crippen LogP contribution in [0.1, 0.15) is 22.8 Å². The molecule has 0 aliphatic carbocycles. The lowest BCUT2D eigenvalue weighted by Gasteiger charge is -2.10. The highest BCUT2D eigenvalue weighted by atomic mass is 16.5. The lowest BCUT2D eigenvalue weighted by atomic mass is 9.95. The number of aromatic nitrogens is 2. The molecular weight excluding hydrogens is 302 g/mol. The Morgan fingerprint density at radius 1 is 1.29 bits per heavy atom. The molecular formula is C19H21N3O2. The van der Waals surface area contributed by atoms with Gasteiger partial charge >= 0.3 is 0 Å². The predicted molar refractivity (Wildman–Crippen MR) is 95.1 cm³/mol. The Bertz CT molecular complexity index is 855. The highest BCUT2D eigenvalue weighted by molar-refractivity contribution is 5.99. The van der Waals surface area contributed by atoms with Crippen molar-refractivity contribution >= 4 is 16.8 Å². The minimum absolute atomic E-state index is 0.0893. The predicted octanol–water partition coefficient (Wildman–Crippen LogP) is 3.30. The fraction of sp³-hybridized carbons (Fsp3) is 0.263. The van der Waals surface area contributed by atoms with E-state index in [0.29, 0.717) is 25.3 Å². The number of hydrogen-bond acceptors (Lipinski definition) is 3. The van der Waals surface area contributed by atoms with Gasteiger partial charge in [0.2, 0.25) is 0 Å². The SMILES string of the molecule is CCOCCNC(=O)c1cccc(-c2c(C)ccc3[nH]ncc23)c1. The van der Waals surface area contributed by atoms with Crippen LogP contribution in [0, 0.1) is 6.92 Å². The molecule has 0 atom stereocenters. The molecule has 24 heavy (non-hydrogen) atoms. The van der Waals surface area contributed by atoms with Crippen molar-refractivity contribution in [3.8, 4) is 11.1 Å². The Balaban J connectivity index is 1.88. The van der Waals surface area contributed by atoms with E-state index in [2.05, 4.69) is 28.5 Å². The van der Waals surface area contributed by atoms with E-state index in [9.17, 15) is 4.79 Å². The molecule has 0 aliphatic rings. The number of amides is 1. The second-order valence-corrected chi connectivity index (χ2v) is 5.62. The van der Waals surface area contributed by atoms with Gasteiger partial charge in [0.05, 0.1) is 18.3 Å². The molecule has 3 rings (SSSR count). The third-order valence-electron chi connectivity index (χ3n) is 3.98. The number of carbonyl (C=O) groups excluding carboxylic acids is 1. The molecule has 0 saturated heterocycles. The Labute approximate surface area is 141 Å². The van der Waals surface area contributed by atoms with Crippen molar-refractivity contribution in [1.29, 1.82) is 0 Å². The maximum Gasteiger partial charge on any atom is 0.251 e. The molecule has 2 N–H and O–H groups in total. The first-order valence-electron chi connectivity index (χ1n) is 8.09. The first kappa shape index (κ1) is 16.2. The molecule has 2 aromatic carbocycles. The van der Waals surface area contributed by atoms with Crippen molar-refractivity contribution in [3.63, 3.8) is 0 Å². The topological polar surface area (TPSA) is 67.0 Å². The highest BCUT2D eigenvalue weighted by Gasteiger charge is 2.11. The van der Waals surface area contributed by atoms with Crippen LogP contribution in [0.5, 0.6) is 0 Å². The molecule has 0 unspecified atom stereocenters. The van der Waals surface area contributed by atoms with E-state index in [4.69, 9.17) is 4.74 Å². The standard InChI is InChI=1S/C19H21N3O2/c1-3-24-10-9-20-19(23)15-6-4-5-14(11-15)18-13(2)7-8-17-16(18)12-21-22-17/h4-8,11-12H,3,9-10H2,1-2H3,(H,20,23)(H,21,22). The van der Waals surface area contributed by atoms with Gasteiger partial charge in [-0.1, -0.05) is 18.2 Å². The van der Waals surface area contributed by atoms with E-state index in [1.807, 2.05) is 43.5 Å². The van der Waals surface area contributed by atoms with Crippen molar-refractivity contribution in [2.75, 3.05) is 19.8 Å². The Morgan fingerprint density at radius 3 is 3.00 bits per heavy atom. The van der Waals surface area contributed by atoms with Crippen LogP contribution in [0.4, 0.5) is 0 Å². The summed E-state index contributed by atoms with van der Waals surface area (Å²) >= 11 is 0. The molecule has 3 aromatic rings. The number of H-pyrrole nitrogens is 1. The van der Waals surface area contributed by atoms with Gasteiger partial charge < -0.3 is 10.1 Å². The quantitative estimate of drug-likeness (QED) is 0.684. The van der Waals surface area contributed by atoms with Gasteiger partial charge in [-0.25, -0.2) is 0 Å². The van der Waals surface area contributed by atoms with Crippen LogP contribution < -0.4 is 5.32 Å². The average molecular weight is 323 g/mol. The number of benzene rings is 2. The van der Waals surface area contributed by atoms with Crippen molar-refractivity contribution in [2.24, 2.45) is 0 Å². The van der Waals surface area contributed by atoms with Crippen molar-refractivity contribution in [3.05, 3.63) is 53.7 Å². The number of fused-ring (bicyclic) bond motifs is 1. The molecule has 0 spiro atoms. The summed E-state index contributed by atoms with van der Waals surface area (Å²) in [6, 6.07) is 11.8. The Kier molecular flexibility index (Phi) is 4.91. The normalized spacial score (nSPS) is 10.9. The number of hydrogen-bond donors (Lipinski definition) is 2. The maximum atomic E-state index is 12.3. The van der Waals surface area contributed by atoms with Gasteiger partial charge in [0.25, 0.3) is 5.91 Å². The number of carbonyl (C=O) groups is 1. The fourth-order valence-electron chi connectivity index (χ4n) is 2.81. The maximum absolute atomic E-state index is 12.3. The molecule has 1 aromatic heterocycles. The first-order chi connectivity index (χ1) is 11.7. The zero-order chi connectivity index (χ0) is 16.9. The molecule has 0 aliphatic heterocycles. The van der Waals surface area contributed by atoms with Crippen molar-refractivity contribution in [2.45, 2.75) is 13.8 Å². The second kappa shape index (κ2) is 7.27.